The molecule has 1 aliphatic carbocycles. The first-order valence-electron chi connectivity index (χ1n) is 14.5. The van der Waals surface area contributed by atoms with E-state index in [1.165, 1.54) is 5.56 Å². The van der Waals surface area contributed by atoms with Gasteiger partial charge in [-0.3, -0.25) is 14.2 Å². The number of hydrogen-bond donors (Lipinski definition) is 2. The van der Waals surface area contributed by atoms with Crippen molar-refractivity contribution in [2.45, 2.75) is 44.2 Å². The quantitative estimate of drug-likeness (QED) is 0.325. The molecule has 1 atom stereocenters. The minimum Gasteiger partial charge on any atom is -0.490 e. The highest BCUT2D eigenvalue weighted by Gasteiger charge is 2.34. The summed E-state index contributed by atoms with van der Waals surface area (Å²) >= 11 is 0. The molecule has 2 aliphatic heterocycles. The topological polar surface area (TPSA) is 101 Å². The number of nitrogens with zero attached hydrogens (tertiary/aromatic N) is 4. The second kappa shape index (κ2) is 10.6. The predicted molar refractivity (Wildman–Crippen MR) is 160 cm³/mol. The number of nitrogens with one attached hydrogen (secondary N) is 2. The Morgan fingerprint density at radius 1 is 1.05 bits per heavy atom. The number of carbonyl (C=O) groups excluding carboxylic acids is 1. The predicted octanol–water partition coefficient (Wildman–Crippen LogP) is 4.49. The summed E-state index contributed by atoms with van der Waals surface area (Å²) in [6.45, 7) is 2.60. The molecule has 1 saturated heterocycles. The summed E-state index contributed by atoms with van der Waals surface area (Å²) in [7, 11) is 2.04. The number of pyridine rings is 1. The van der Waals surface area contributed by atoms with Gasteiger partial charge >= 0.3 is 0 Å². The first-order chi connectivity index (χ1) is 20.0. The molecule has 0 amide bonds. The Balaban J connectivity index is 1.22. The molecule has 2 aromatic carbocycles. The van der Waals surface area contributed by atoms with Crippen molar-refractivity contribution in [1.82, 2.24) is 19.9 Å². The van der Waals surface area contributed by atoms with E-state index in [-0.39, 0.29) is 35.0 Å². The highest BCUT2D eigenvalue weighted by atomic mass is 16.5. The first kappa shape index (κ1) is 25.7. The van der Waals surface area contributed by atoms with Crippen LogP contribution in [0.2, 0.25) is 0 Å². The molecule has 9 heteroatoms. The summed E-state index contributed by atoms with van der Waals surface area (Å²) in [5.74, 6) is 1.12. The SMILES string of the molecule is CN1CC(n2c(=O)c(C(=O)C3CC3)cc3cnc(Nc4ccc(OC5CCNCC5)cc4)nc32)Cc2ccccc21. The number of likely N-dealkylation sites (N-methyl/N-ethyl adjacent to an activating group) is 1. The van der Waals surface area contributed by atoms with Crippen molar-refractivity contribution < 1.29 is 9.53 Å². The molecule has 2 fully saturated rings. The van der Waals surface area contributed by atoms with Crippen molar-refractivity contribution in [3.63, 3.8) is 0 Å². The van der Waals surface area contributed by atoms with Crippen molar-refractivity contribution >= 4 is 34.1 Å². The maximum atomic E-state index is 14.0. The number of anilines is 3. The number of aromatic nitrogens is 3. The molecule has 41 heavy (non-hydrogen) atoms. The Hall–Kier alpha value is -4.24. The summed E-state index contributed by atoms with van der Waals surface area (Å²) < 4.78 is 7.87. The van der Waals surface area contributed by atoms with E-state index in [1.807, 2.05) is 43.4 Å². The Kier molecular flexibility index (Phi) is 6.66. The van der Waals surface area contributed by atoms with Gasteiger partial charge in [0.25, 0.3) is 5.56 Å². The van der Waals surface area contributed by atoms with Crippen LogP contribution < -0.4 is 25.8 Å². The van der Waals surface area contributed by atoms with Crippen LogP contribution in [-0.2, 0) is 6.42 Å². The largest absolute Gasteiger partial charge is 0.490 e. The van der Waals surface area contributed by atoms with E-state index in [0.29, 0.717) is 29.9 Å². The van der Waals surface area contributed by atoms with Crippen molar-refractivity contribution in [1.29, 1.82) is 0 Å². The van der Waals surface area contributed by atoms with Crippen LogP contribution >= 0.6 is 0 Å². The summed E-state index contributed by atoms with van der Waals surface area (Å²) in [5, 5.41) is 7.33. The Morgan fingerprint density at radius 3 is 2.61 bits per heavy atom. The number of ketones is 1. The summed E-state index contributed by atoms with van der Waals surface area (Å²) in [4.78, 5) is 38.7. The van der Waals surface area contributed by atoms with Crippen LogP contribution in [0.4, 0.5) is 17.3 Å². The number of ether oxygens (including phenoxy) is 1. The van der Waals surface area contributed by atoms with Gasteiger partial charge in [0.1, 0.15) is 17.5 Å². The first-order valence-corrected chi connectivity index (χ1v) is 14.5. The molecule has 7 rings (SSSR count). The van der Waals surface area contributed by atoms with Gasteiger partial charge < -0.3 is 20.3 Å². The number of piperidine rings is 1. The molecular weight excluding hydrogens is 516 g/mol. The number of carbonyl (C=O) groups is 1. The molecule has 210 valence electrons. The van der Waals surface area contributed by atoms with E-state index in [2.05, 4.69) is 32.7 Å². The highest BCUT2D eigenvalue weighted by Crippen LogP contribution is 2.34. The monoisotopic (exact) mass is 550 g/mol. The molecular formula is C32H34N6O3. The van der Waals surface area contributed by atoms with Crippen molar-refractivity contribution in [2.75, 3.05) is 36.9 Å². The third-order valence-corrected chi connectivity index (χ3v) is 8.39. The minimum atomic E-state index is -0.267. The van der Waals surface area contributed by atoms with E-state index in [4.69, 9.17) is 9.72 Å². The molecule has 4 heterocycles. The van der Waals surface area contributed by atoms with Crippen LogP contribution in [0.1, 0.15) is 47.6 Å². The summed E-state index contributed by atoms with van der Waals surface area (Å²) in [6.07, 6.45) is 6.32. The van der Waals surface area contributed by atoms with E-state index >= 15 is 0 Å². The van der Waals surface area contributed by atoms with Gasteiger partial charge in [0, 0.05) is 42.5 Å². The lowest BCUT2D eigenvalue weighted by Gasteiger charge is -2.34. The van der Waals surface area contributed by atoms with Gasteiger partial charge in [-0.25, -0.2) is 4.98 Å². The molecule has 4 aromatic rings. The molecule has 0 radical (unpaired) electrons. The van der Waals surface area contributed by atoms with Crippen molar-refractivity contribution in [2.24, 2.45) is 5.92 Å². The zero-order chi connectivity index (χ0) is 27.9. The zero-order valence-corrected chi connectivity index (χ0v) is 23.2. The smallest absolute Gasteiger partial charge is 0.263 e. The molecule has 0 spiro atoms. The van der Waals surface area contributed by atoms with Gasteiger partial charge in [-0.2, -0.15) is 4.98 Å². The summed E-state index contributed by atoms with van der Waals surface area (Å²) in [6, 6.07) is 17.6. The number of benzene rings is 2. The van der Waals surface area contributed by atoms with Crippen LogP contribution in [0.25, 0.3) is 11.0 Å². The van der Waals surface area contributed by atoms with Crippen LogP contribution in [-0.4, -0.2) is 53.1 Å². The number of para-hydroxylation sites is 1. The molecule has 1 unspecified atom stereocenters. The van der Waals surface area contributed by atoms with Crippen LogP contribution in [0, 0.1) is 5.92 Å². The molecule has 2 aromatic heterocycles. The van der Waals surface area contributed by atoms with Crippen molar-refractivity contribution in [3.8, 4) is 5.75 Å². The van der Waals surface area contributed by atoms with Gasteiger partial charge in [0.2, 0.25) is 5.95 Å². The van der Waals surface area contributed by atoms with Crippen molar-refractivity contribution in [3.05, 3.63) is 82.3 Å². The highest BCUT2D eigenvalue weighted by molar-refractivity contribution is 6.01. The van der Waals surface area contributed by atoms with Gasteiger partial charge in [-0.1, -0.05) is 18.2 Å². The lowest BCUT2D eigenvalue weighted by molar-refractivity contribution is 0.0965. The van der Waals surface area contributed by atoms with E-state index < -0.39 is 0 Å². The average molecular weight is 551 g/mol. The van der Waals surface area contributed by atoms with Crippen LogP contribution in [0.3, 0.4) is 0 Å². The second-order valence-corrected chi connectivity index (χ2v) is 11.4. The fraction of sp³-hybridized carbons (Fsp3) is 0.375. The summed E-state index contributed by atoms with van der Waals surface area (Å²) in [5.41, 5.74) is 3.66. The molecule has 2 N–H and O–H groups in total. The number of rotatable bonds is 7. The Bertz CT molecular complexity index is 1660. The Morgan fingerprint density at radius 2 is 1.83 bits per heavy atom. The standard InChI is InChI=1S/C32H34N6O3/c1-37-19-24(16-21-4-2-3-5-28(21)37)38-30-22(17-27(31(38)40)29(39)20-6-7-20)18-34-32(36-30)35-23-8-10-25(11-9-23)41-26-12-14-33-15-13-26/h2-5,8-11,17-18,20,24,26,33H,6-7,12-16,19H2,1H3,(H,34,35,36). The zero-order valence-electron chi connectivity index (χ0n) is 23.2. The van der Waals surface area contributed by atoms with E-state index in [1.54, 1.807) is 16.8 Å². The fourth-order valence-electron chi connectivity index (χ4n) is 6.07. The van der Waals surface area contributed by atoms with Gasteiger partial charge in [0.15, 0.2) is 5.78 Å². The fourth-order valence-corrected chi connectivity index (χ4v) is 6.07. The van der Waals surface area contributed by atoms with Gasteiger partial charge in [0.05, 0.1) is 11.6 Å². The minimum absolute atomic E-state index is 0.0491. The number of Topliss-reactive ketones (excluding diaryl/α,β-unsaturated/α-hetero) is 1. The maximum Gasteiger partial charge on any atom is 0.263 e. The Labute approximate surface area is 238 Å². The lowest BCUT2D eigenvalue weighted by atomic mass is 9.97. The lowest BCUT2D eigenvalue weighted by Crippen LogP contribution is -2.40. The number of hydrogen-bond acceptors (Lipinski definition) is 8. The second-order valence-electron chi connectivity index (χ2n) is 11.4. The van der Waals surface area contributed by atoms with Crippen LogP contribution in [0.15, 0.2) is 65.6 Å². The molecule has 0 bridgehead atoms. The van der Waals surface area contributed by atoms with Gasteiger partial charge in [-0.05, 0) is 87.2 Å². The van der Waals surface area contributed by atoms with Crippen LogP contribution in [0.5, 0.6) is 5.75 Å². The third-order valence-electron chi connectivity index (χ3n) is 8.39. The van der Waals surface area contributed by atoms with Gasteiger partial charge in [-0.15, -0.1) is 0 Å². The average Bonchev–Trinajstić information content (AvgIpc) is 3.84. The van der Waals surface area contributed by atoms with E-state index in [0.717, 1.165) is 55.9 Å². The molecule has 1 saturated carbocycles. The molecule has 3 aliphatic rings. The van der Waals surface area contributed by atoms with E-state index in [9.17, 15) is 9.59 Å². The maximum absolute atomic E-state index is 14.0. The number of fused-ring (bicyclic) bond motifs is 2. The molecule has 9 nitrogen and oxygen atoms in total. The normalized spacial score (nSPS) is 19.1. The third kappa shape index (κ3) is 5.17.